The zero-order chi connectivity index (χ0) is 13.4. The summed E-state index contributed by atoms with van der Waals surface area (Å²) in [6, 6.07) is 16.9. The molecule has 0 aliphatic heterocycles. The summed E-state index contributed by atoms with van der Waals surface area (Å²) in [6.45, 7) is 0. The Morgan fingerprint density at radius 2 is 1.63 bits per heavy atom. The fraction of sp³-hybridized carbons (Fsp3) is 0.125. The first kappa shape index (κ1) is 12.3. The predicted octanol–water partition coefficient (Wildman–Crippen LogP) is 4.46. The summed E-state index contributed by atoms with van der Waals surface area (Å²) >= 11 is 3.48. The molecule has 0 radical (unpaired) electrons. The van der Waals surface area contributed by atoms with Crippen LogP contribution >= 0.6 is 15.9 Å². The second kappa shape index (κ2) is 4.74. The van der Waals surface area contributed by atoms with Crippen molar-refractivity contribution >= 4 is 32.5 Å². The van der Waals surface area contributed by atoms with Gasteiger partial charge in [-0.15, -0.1) is 0 Å². The van der Waals surface area contributed by atoms with Gasteiger partial charge in [-0.25, -0.2) is 0 Å². The van der Waals surface area contributed by atoms with E-state index in [1.165, 1.54) is 22.3 Å². The van der Waals surface area contributed by atoms with Crippen LogP contribution in [0.4, 0.5) is 5.82 Å². The van der Waals surface area contributed by atoms with Crippen LogP contribution in [0.3, 0.4) is 0 Å². The summed E-state index contributed by atoms with van der Waals surface area (Å²) < 4.78 is 3.33. The summed E-state index contributed by atoms with van der Waals surface area (Å²) in [7, 11) is 4.16. The molecule has 0 aliphatic rings. The van der Waals surface area contributed by atoms with Crippen molar-refractivity contribution in [2.45, 2.75) is 0 Å². The van der Waals surface area contributed by atoms with Crippen molar-refractivity contribution in [2.75, 3.05) is 19.0 Å². The van der Waals surface area contributed by atoms with Gasteiger partial charge < -0.3 is 9.47 Å². The van der Waals surface area contributed by atoms with Gasteiger partial charge in [-0.1, -0.05) is 40.2 Å². The number of nitrogens with zero attached hydrogens (tertiary/aromatic N) is 2. The smallest absolute Gasteiger partial charge is 0.120 e. The van der Waals surface area contributed by atoms with Crippen molar-refractivity contribution in [1.82, 2.24) is 4.57 Å². The van der Waals surface area contributed by atoms with Gasteiger partial charge in [0.25, 0.3) is 0 Å². The first-order valence-electron chi connectivity index (χ1n) is 6.20. The van der Waals surface area contributed by atoms with Crippen LogP contribution in [0.15, 0.2) is 59.2 Å². The lowest BCUT2D eigenvalue weighted by molar-refractivity contribution is 0.992. The summed E-state index contributed by atoms with van der Waals surface area (Å²) in [5.74, 6) is 1.21. The molecule has 0 saturated heterocycles. The van der Waals surface area contributed by atoms with Gasteiger partial charge in [0.05, 0.1) is 0 Å². The Balaban J connectivity index is 2.28. The van der Waals surface area contributed by atoms with Crippen LogP contribution in [0.25, 0.3) is 16.5 Å². The van der Waals surface area contributed by atoms with Crippen LogP contribution in [0, 0.1) is 0 Å². The van der Waals surface area contributed by atoms with Crippen LogP contribution in [-0.2, 0) is 0 Å². The maximum Gasteiger partial charge on any atom is 0.120 e. The van der Waals surface area contributed by atoms with Crippen molar-refractivity contribution in [2.24, 2.45) is 0 Å². The molecule has 0 fully saturated rings. The quantitative estimate of drug-likeness (QED) is 0.678. The highest BCUT2D eigenvalue weighted by Gasteiger charge is 2.11. The molecule has 3 heteroatoms. The number of hydrogen-bond donors (Lipinski definition) is 0. The van der Waals surface area contributed by atoms with E-state index in [0.29, 0.717) is 0 Å². The SMILES string of the molecule is CN(C)c1c2ccccc2cn1-c1ccc(Br)cc1. The lowest BCUT2D eigenvalue weighted by Crippen LogP contribution is -2.13. The summed E-state index contributed by atoms with van der Waals surface area (Å²) in [6.07, 6.45) is 2.19. The van der Waals surface area contributed by atoms with Crippen LogP contribution in [0.2, 0.25) is 0 Å². The van der Waals surface area contributed by atoms with E-state index in [0.717, 1.165) is 4.47 Å². The van der Waals surface area contributed by atoms with Gasteiger partial charge in [-0.3, -0.25) is 0 Å². The van der Waals surface area contributed by atoms with Gasteiger partial charge in [-0.2, -0.15) is 0 Å². The standard InChI is InChI=1S/C16H15BrN2/c1-18(2)16-15-6-4-3-5-12(15)11-19(16)14-9-7-13(17)8-10-14/h3-11H,1-2H3. The van der Waals surface area contributed by atoms with Crippen molar-refractivity contribution < 1.29 is 0 Å². The Hall–Kier alpha value is -1.74. The fourth-order valence-corrected chi connectivity index (χ4v) is 2.66. The van der Waals surface area contributed by atoms with E-state index in [2.05, 4.69) is 94.2 Å². The summed E-state index contributed by atoms with van der Waals surface area (Å²) in [4.78, 5) is 2.16. The molecule has 0 N–H and O–H groups in total. The molecule has 19 heavy (non-hydrogen) atoms. The Morgan fingerprint density at radius 1 is 0.947 bits per heavy atom. The third-order valence-electron chi connectivity index (χ3n) is 3.23. The molecule has 0 atom stereocenters. The zero-order valence-electron chi connectivity index (χ0n) is 11.0. The highest BCUT2D eigenvalue weighted by Crippen LogP contribution is 2.31. The van der Waals surface area contributed by atoms with Gasteiger partial charge >= 0.3 is 0 Å². The Morgan fingerprint density at radius 3 is 2.32 bits per heavy atom. The van der Waals surface area contributed by atoms with Crippen molar-refractivity contribution in [3.8, 4) is 5.69 Å². The lowest BCUT2D eigenvalue weighted by atomic mass is 10.2. The van der Waals surface area contributed by atoms with Crippen molar-refractivity contribution in [1.29, 1.82) is 0 Å². The molecule has 0 amide bonds. The number of anilines is 1. The van der Waals surface area contributed by atoms with Crippen LogP contribution in [-0.4, -0.2) is 18.7 Å². The molecule has 2 nitrogen and oxygen atoms in total. The minimum absolute atomic E-state index is 1.10. The number of halogens is 1. The molecule has 0 spiro atoms. The molecule has 0 aliphatic carbocycles. The molecule has 0 bridgehead atoms. The Bertz CT molecular complexity index is 711. The minimum atomic E-state index is 1.10. The monoisotopic (exact) mass is 314 g/mol. The van der Waals surface area contributed by atoms with E-state index in [9.17, 15) is 0 Å². The Kier molecular flexibility index (Phi) is 3.07. The molecule has 1 aromatic heterocycles. The predicted molar refractivity (Wildman–Crippen MR) is 85.3 cm³/mol. The van der Waals surface area contributed by atoms with E-state index in [-0.39, 0.29) is 0 Å². The number of rotatable bonds is 2. The first-order valence-corrected chi connectivity index (χ1v) is 6.99. The van der Waals surface area contributed by atoms with Gasteiger partial charge in [-0.05, 0) is 24.3 Å². The largest absolute Gasteiger partial charge is 0.363 e. The van der Waals surface area contributed by atoms with E-state index < -0.39 is 0 Å². The van der Waals surface area contributed by atoms with Crippen LogP contribution in [0.1, 0.15) is 0 Å². The fourth-order valence-electron chi connectivity index (χ4n) is 2.40. The number of benzene rings is 2. The maximum atomic E-state index is 3.48. The third kappa shape index (κ3) is 2.15. The summed E-state index contributed by atoms with van der Waals surface area (Å²) in [5, 5.41) is 2.53. The number of hydrogen-bond acceptors (Lipinski definition) is 1. The van der Waals surface area contributed by atoms with E-state index in [1.54, 1.807) is 0 Å². The van der Waals surface area contributed by atoms with E-state index in [4.69, 9.17) is 0 Å². The molecular weight excluding hydrogens is 300 g/mol. The van der Waals surface area contributed by atoms with Gasteiger partial charge in [0, 0.05) is 41.2 Å². The van der Waals surface area contributed by atoms with Crippen molar-refractivity contribution in [3.05, 3.63) is 59.2 Å². The van der Waals surface area contributed by atoms with E-state index in [1.807, 2.05) is 0 Å². The van der Waals surface area contributed by atoms with E-state index >= 15 is 0 Å². The maximum absolute atomic E-state index is 3.48. The molecule has 0 saturated carbocycles. The highest BCUT2D eigenvalue weighted by atomic mass is 79.9. The molecule has 2 aromatic carbocycles. The normalized spacial score (nSPS) is 10.9. The second-order valence-electron chi connectivity index (χ2n) is 4.78. The average Bonchev–Trinajstić information content (AvgIpc) is 2.78. The zero-order valence-corrected chi connectivity index (χ0v) is 12.6. The lowest BCUT2D eigenvalue weighted by Gasteiger charge is -2.17. The molecule has 96 valence electrons. The van der Waals surface area contributed by atoms with Gasteiger partial charge in [0.2, 0.25) is 0 Å². The Labute approximate surface area is 121 Å². The second-order valence-corrected chi connectivity index (χ2v) is 5.70. The average molecular weight is 315 g/mol. The molecule has 1 heterocycles. The van der Waals surface area contributed by atoms with Crippen LogP contribution < -0.4 is 4.90 Å². The molecule has 3 aromatic rings. The van der Waals surface area contributed by atoms with Gasteiger partial charge in [0.15, 0.2) is 0 Å². The topological polar surface area (TPSA) is 8.17 Å². The van der Waals surface area contributed by atoms with Crippen LogP contribution in [0.5, 0.6) is 0 Å². The highest BCUT2D eigenvalue weighted by molar-refractivity contribution is 9.10. The third-order valence-corrected chi connectivity index (χ3v) is 3.76. The first-order chi connectivity index (χ1) is 9.16. The molecular formula is C16H15BrN2. The minimum Gasteiger partial charge on any atom is -0.363 e. The van der Waals surface area contributed by atoms with Crippen molar-refractivity contribution in [3.63, 3.8) is 0 Å². The number of fused-ring (bicyclic) bond motifs is 1. The summed E-state index contributed by atoms with van der Waals surface area (Å²) in [5.41, 5.74) is 1.17. The number of aromatic nitrogens is 1. The molecule has 3 rings (SSSR count). The van der Waals surface area contributed by atoms with Gasteiger partial charge in [0.1, 0.15) is 5.82 Å². The molecule has 0 unspecified atom stereocenters.